The number of hydrogen-bond acceptors (Lipinski definition) is 5. The molecule has 0 radical (unpaired) electrons. The molecule has 4 rings (SSSR count). The molecule has 8 heteroatoms. The van der Waals surface area contributed by atoms with Crippen LogP contribution in [0.5, 0.6) is 0 Å². The summed E-state index contributed by atoms with van der Waals surface area (Å²) < 4.78 is 15.4. The molecular formula is C21H19FN6O. The van der Waals surface area contributed by atoms with E-state index in [2.05, 4.69) is 20.1 Å². The van der Waals surface area contributed by atoms with Gasteiger partial charge >= 0.3 is 0 Å². The number of amides is 1. The second kappa shape index (κ2) is 7.05. The SMILES string of the molecule is Cc1cc(C)nc(-n2cc(-c3cc(C(=O)N(C)C)c4ccc(F)cc4n3)cn2)n1. The molecule has 4 aromatic rings. The number of aromatic nitrogens is 5. The van der Waals surface area contributed by atoms with Gasteiger partial charge in [-0.15, -0.1) is 0 Å². The molecule has 7 nitrogen and oxygen atoms in total. The van der Waals surface area contributed by atoms with Gasteiger partial charge in [0.05, 0.1) is 23.0 Å². The Morgan fingerprint density at radius 1 is 1.03 bits per heavy atom. The zero-order valence-corrected chi connectivity index (χ0v) is 16.5. The first-order chi connectivity index (χ1) is 13.8. The molecule has 3 aromatic heterocycles. The highest BCUT2D eigenvalue weighted by Gasteiger charge is 2.17. The molecule has 0 spiro atoms. The first-order valence-corrected chi connectivity index (χ1v) is 9.01. The van der Waals surface area contributed by atoms with Crippen molar-refractivity contribution in [3.63, 3.8) is 0 Å². The normalized spacial score (nSPS) is 11.1. The quantitative estimate of drug-likeness (QED) is 0.536. The molecule has 0 aliphatic carbocycles. The molecule has 0 aliphatic rings. The fraction of sp³-hybridized carbons (Fsp3) is 0.190. The standard InChI is InChI=1S/C21H19FN6O/c1-12-7-13(2)25-21(24-12)28-11-14(10-23-28)18-9-17(20(29)27(3)4)16-6-5-15(22)8-19(16)26-18/h5-11H,1-4H3. The number of aryl methyl sites for hydroxylation is 2. The van der Waals surface area contributed by atoms with Gasteiger partial charge in [-0.25, -0.2) is 24.0 Å². The summed E-state index contributed by atoms with van der Waals surface area (Å²) >= 11 is 0. The van der Waals surface area contributed by atoms with Crippen molar-refractivity contribution >= 4 is 16.8 Å². The molecule has 1 amide bonds. The van der Waals surface area contributed by atoms with Crippen molar-refractivity contribution in [2.75, 3.05) is 14.1 Å². The number of fused-ring (bicyclic) bond motifs is 1. The Labute approximate surface area is 166 Å². The Morgan fingerprint density at radius 3 is 2.45 bits per heavy atom. The Balaban J connectivity index is 1.86. The highest BCUT2D eigenvalue weighted by atomic mass is 19.1. The van der Waals surface area contributed by atoms with E-state index in [0.29, 0.717) is 33.7 Å². The highest BCUT2D eigenvalue weighted by Crippen LogP contribution is 2.26. The number of pyridine rings is 1. The van der Waals surface area contributed by atoms with Crippen LogP contribution >= 0.6 is 0 Å². The molecule has 146 valence electrons. The summed E-state index contributed by atoms with van der Waals surface area (Å²) in [6, 6.07) is 7.80. The molecule has 0 bridgehead atoms. The third-order valence-corrected chi connectivity index (χ3v) is 4.46. The largest absolute Gasteiger partial charge is 0.345 e. The van der Waals surface area contributed by atoms with Crippen LogP contribution in [0.1, 0.15) is 21.7 Å². The van der Waals surface area contributed by atoms with E-state index in [1.807, 2.05) is 19.9 Å². The lowest BCUT2D eigenvalue weighted by Gasteiger charge is -2.13. The summed E-state index contributed by atoms with van der Waals surface area (Å²) in [4.78, 5) is 27.5. The van der Waals surface area contributed by atoms with Gasteiger partial charge in [0.2, 0.25) is 0 Å². The van der Waals surface area contributed by atoms with Crippen LogP contribution in [0.15, 0.2) is 42.7 Å². The van der Waals surface area contributed by atoms with Crippen molar-refractivity contribution in [1.82, 2.24) is 29.6 Å². The fourth-order valence-electron chi connectivity index (χ4n) is 3.14. The van der Waals surface area contributed by atoms with Gasteiger partial charge in [0.15, 0.2) is 0 Å². The first kappa shape index (κ1) is 18.7. The van der Waals surface area contributed by atoms with Crippen LogP contribution < -0.4 is 0 Å². The summed E-state index contributed by atoms with van der Waals surface area (Å²) in [5.41, 5.74) is 3.72. The zero-order chi connectivity index (χ0) is 20.7. The van der Waals surface area contributed by atoms with Crippen LogP contribution in [0.3, 0.4) is 0 Å². The third-order valence-electron chi connectivity index (χ3n) is 4.46. The van der Waals surface area contributed by atoms with E-state index >= 15 is 0 Å². The Morgan fingerprint density at radius 2 is 1.76 bits per heavy atom. The van der Waals surface area contributed by atoms with Crippen molar-refractivity contribution in [2.24, 2.45) is 0 Å². The van der Waals surface area contributed by atoms with E-state index in [4.69, 9.17) is 0 Å². The van der Waals surface area contributed by atoms with E-state index in [0.717, 1.165) is 11.4 Å². The monoisotopic (exact) mass is 390 g/mol. The third kappa shape index (κ3) is 3.56. The van der Waals surface area contributed by atoms with E-state index in [1.165, 1.54) is 17.0 Å². The smallest absolute Gasteiger partial charge is 0.254 e. The van der Waals surface area contributed by atoms with Crippen LogP contribution in [0, 0.1) is 19.7 Å². The lowest BCUT2D eigenvalue weighted by molar-refractivity contribution is 0.0829. The maximum atomic E-state index is 13.8. The van der Waals surface area contributed by atoms with Gasteiger partial charge in [-0.2, -0.15) is 5.10 Å². The number of halogens is 1. The number of hydrogen-bond donors (Lipinski definition) is 0. The number of nitrogens with zero attached hydrogens (tertiary/aromatic N) is 6. The lowest BCUT2D eigenvalue weighted by Crippen LogP contribution is -2.22. The summed E-state index contributed by atoms with van der Waals surface area (Å²) in [7, 11) is 3.35. The molecule has 0 saturated heterocycles. The van der Waals surface area contributed by atoms with Gasteiger partial charge in [-0.1, -0.05) is 0 Å². The number of benzene rings is 1. The average molecular weight is 390 g/mol. The van der Waals surface area contributed by atoms with Gasteiger partial charge in [0.1, 0.15) is 5.82 Å². The molecule has 0 fully saturated rings. The molecule has 0 unspecified atom stereocenters. The van der Waals surface area contributed by atoms with E-state index in [1.54, 1.807) is 43.3 Å². The van der Waals surface area contributed by atoms with Crippen molar-refractivity contribution in [3.05, 3.63) is 65.5 Å². The summed E-state index contributed by atoms with van der Waals surface area (Å²) in [5, 5.41) is 4.93. The minimum absolute atomic E-state index is 0.185. The van der Waals surface area contributed by atoms with Crippen LogP contribution in [0.4, 0.5) is 4.39 Å². The van der Waals surface area contributed by atoms with Gasteiger partial charge in [0, 0.05) is 48.7 Å². The summed E-state index contributed by atoms with van der Waals surface area (Å²) in [5.74, 6) is -0.148. The number of carbonyl (C=O) groups excluding carboxylic acids is 1. The summed E-state index contributed by atoms with van der Waals surface area (Å²) in [6.07, 6.45) is 3.37. The average Bonchev–Trinajstić information content (AvgIpc) is 3.15. The topological polar surface area (TPSA) is 76.8 Å². The van der Waals surface area contributed by atoms with Crippen molar-refractivity contribution in [3.8, 4) is 17.2 Å². The van der Waals surface area contributed by atoms with Crippen LogP contribution in [0.2, 0.25) is 0 Å². The Bertz CT molecular complexity index is 1230. The molecule has 0 saturated carbocycles. The maximum absolute atomic E-state index is 13.8. The molecule has 3 heterocycles. The van der Waals surface area contributed by atoms with Crippen molar-refractivity contribution in [2.45, 2.75) is 13.8 Å². The molecule has 29 heavy (non-hydrogen) atoms. The fourth-order valence-corrected chi connectivity index (χ4v) is 3.14. The molecule has 0 atom stereocenters. The van der Waals surface area contributed by atoms with Gasteiger partial charge < -0.3 is 4.90 Å². The van der Waals surface area contributed by atoms with Crippen LogP contribution in [-0.4, -0.2) is 49.6 Å². The van der Waals surface area contributed by atoms with Crippen LogP contribution in [-0.2, 0) is 0 Å². The van der Waals surface area contributed by atoms with E-state index in [-0.39, 0.29) is 5.91 Å². The van der Waals surface area contributed by atoms with Gasteiger partial charge in [-0.3, -0.25) is 4.79 Å². The van der Waals surface area contributed by atoms with Gasteiger partial charge in [-0.05, 0) is 38.1 Å². The van der Waals surface area contributed by atoms with Crippen molar-refractivity contribution in [1.29, 1.82) is 0 Å². The Hall–Kier alpha value is -3.68. The Kier molecular flexibility index (Phi) is 4.54. The maximum Gasteiger partial charge on any atom is 0.254 e. The number of carbonyl (C=O) groups is 1. The number of rotatable bonds is 3. The minimum Gasteiger partial charge on any atom is -0.345 e. The van der Waals surface area contributed by atoms with E-state index < -0.39 is 5.82 Å². The van der Waals surface area contributed by atoms with Gasteiger partial charge in [0.25, 0.3) is 11.9 Å². The summed E-state index contributed by atoms with van der Waals surface area (Å²) in [6.45, 7) is 3.78. The first-order valence-electron chi connectivity index (χ1n) is 9.01. The van der Waals surface area contributed by atoms with Crippen LogP contribution in [0.25, 0.3) is 28.1 Å². The predicted molar refractivity (Wildman–Crippen MR) is 107 cm³/mol. The lowest BCUT2D eigenvalue weighted by atomic mass is 10.0. The minimum atomic E-state index is -0.412. The molecular weight excluding hydrogens is 371 g/mol. The molecule has 0 aliphatic heterocycles. The second-order valence-electron chi connectivity index (χ2n) is 7.04. The van der Waals surface area contributed by atoms with E-state index in [9.17, 15) is 9.18 Å². The second-order valence-corrected chi connectivity index (χ2v) is 7.04. The molecule has 1 aromatic carbocycles. The predicted octanol–water partition coefficient (Wildman–Crippen LogP) is 3.34. The zero-order valence-electron chi connectivity index (χ0n) is 16.5. The molecule has 0 N–H and O–H groups in total. The van der Waals surface area contributed by atoms with Crippen molar-refractivity contribution < 1.29 is 9.18 Å². The highest BCUT2D eigenvalue weighted by molar-refractivity contribution is 6.07.